The van der Waals surface area contributed by atoms with Crippen molar-refractivity contribution in [3.05, 3.63) is 12.2 Å². The molecule has 0 radical (unpaired) electrons. The van der Waals surface area contributed by atoms with Crippen molar-refractivity contribution in [3.8, 4) is 0 Å². The smallest absolute Gasteiger partial charge is 0.310 e. The van der Waals surface area contributed by atoms with E-state index in [0.29, 0.717) is 19.6 Å². The Hall–Kier alpha value is -1.32. The maximum atomic E-state index is 13.0. The van der Waals surface area contributed by atoms with Crippen molar-refractivity contribution in [2.24, 2.45) is 29.6 Å². The molecule has 0 spiro atoms. The lowest BCUT2D eigenvalue weighted by Crippen LogP contribution is -2.38. The lowest BCUT2D eigenvalue weighted by Gasteiger charge is -2.30. The third-order valence-corrected chi connectivity index (χ3v) is 9.24. The van der Waals surface area contributed by atoms with Gasteiger partial charge in [0.25, 0.3) is 0 Å². The summed E-state index contributed by atoms with van der Waals surface area (Å²) in [6.45, 7) is 12.2. The maximum absolute atomic E-state index is 13.0. The molecule has 1 aliphatic rings. The number of carbonyl (C=O) groups excluding carboxylic acids is 2. The predicted molar refractivity (Wildman–Crippen MR) is 183 cm³/mol. The predicted octanol–water partition coefficient (Wildman–Crippen LogP) is 11.8. The van der Waals surface area contributed by atoms with Gasteiger partial charge in [-0.05, 0) is 37.0 Å². The molecule has 0 aromatic rings. The molecule has 0 amide bonds. The Bertz CT molecular complexity index is 697. The molecule has 43 heavy (non-hydrogen) atoms. The van der Waals surface area contributed by atoms with Crippen molar-refractivity contribution in [3.63, 3.8) is 0 Å². The monoisotopic (exact) mass is 605 g/mol. The van der Waals surface area contributed by atoms with Gasteiger partial charge >= 0.3 is 11.9 Å². The van der Waals surface area contributed by atoms with Crippen LogP contribution in [0.4, 0.5) is 0 Å². The van der Waals surface area contributed by atoms with E-state index in [1.54, 1.807) is 0 Å². The van der Waals surface area contributed by atoms with Crippen molar-refractivity contribution < 1.29 is 19.1 Å². The molecule has 0 fully saturated rings. The Morgan fingerprint density at radius 3 is 1.30 bits per heavy atom. The maximum Gasteiger partial charge on any atom is 0.310 e. The van der Waals surface area contributed by atoms with Gasteiger partial charge in [0.15, 0.2) is 0 Å². The Labute approximate surface area is 267 Å². The minimum Gasteiger partial charge on any atom is -0.465 e. The Balaban J connectivity index is 2.09. The fraction of sp³-hybridized carbons (Fsp3) is 0.897. The molecule has 3 unspecified atom stereocenters. The largest absolute Gasteiger partial charge is 0.465 e. The molecular formula is C39H72O4. The van der Waals surface area contributed by atoms with Crippen molar-refractivity contribution >= 4 is 11.9 Å². The minimum absolute atomic E-state index is 0.000575. The normalized spacial score (nSPS) is 18.4. The van der Waals surface area contributed by atoms with Gasteiger partial charge in [-0.3, -0.25) is 9.59 Å². The second kappa shape index (κ2) is 27.0. The quantitative estimate of drug-likeness (QED) is 0.0506. The summed E-state index contributed by atoms with van der Waals surface area (Å²) in [5.41, 5.74) is 0. The number of hydrogen-bond donors (Lipinski definition) is 0. The first-order valence-electron chi connectivity index (χ1n) is 18.8. The standard InChI is InChI=1S/C39H72O4/c1-33(2)27-22-18-14-10-6-8-12-16-20-24-31-42-38(40)36-30-26-29-35(5)37(36)39(41)43-32-25-21-17-13-9-7-11-15-19-23-28-34(3)4/h26,29,33-37H,6-25,27-28,30-32H2,1-5H3. The van der Waals surface area contributed by atoms with Crippen LogP contribution in [-0.2, 0) is 19.1 Å². The average molecular weight is 605 g/mol. The van der Waals surface area contributed by atoms with Gasteiger partial charge in [-0.2, -0.15) is 0 Å². The molecule has 0 aromatic heterocycles. The third-order valence-electron chi connectivity index (χ3n) is 9.24. The molecule has 3 atom stereocenters. The van der Waals surface area contributed by atoms with Crippen molar-refractivity contribution in [2.75, 3.05) is 13.2 Å². The highest BCUT2D eigenvalue weighted by molar-refractivity contribution is 5.83. The molecule has 0 saturated carbocycles. The van der Waals surface area contributed by atoms with Gasteiger partial charge in [-0.25, -0.2) is 0 Å². The summed E-state index contributed by atoms with van der Waals surface area (Å²) in [6, 6.07) is 0. The van der Waals surface area contributed by atoms with E-state index in [4.69, 9.17) is 9.47 Å². The minimum atomic E-state index is -0.427. The van der Waals surface area contributed by atoms with E-state index in [-0.39, 0.29) is 17.9 Å². The van der Waals surface area contributed by atoms with E-state index >= 15 is 0 Å². The number of unbranched alkanes of at least 4 members (excludes halogenated alkanes) is 18. The van der Waals surface area contributed by atoms with Crippen molar-refractivity contribution in [2.45, 2.75) is 182 Å². The summed E-state index contributed by atoms with van der Waals surface area (Å²) in [6.07, 6.45) is 32.7. The molecule has 0 aromatic carbocycles. The molecule has 0 N–H and O–H groups in total. The first kappa shape index (κ1) is 39.7. The molecule has 1 aliphatic carbocycles. The molecule has 0 heterocycles. The SMILES string of the molecule is CC(C)CCCCCCCCCCCCOC(=O)C1CC=CC(C)C1C(=O)OCCCCCCCCCCCCC(C)C. The molecule has 4 nitrogen and oxygen atoms in total. The lowest BCUT2D eigenvalue weighted by molar-refractivity contribution is -0.162. The van der Waals surface area contributed by atoms with Crippen LogP contribution in [0, 0.1) is 29.6 Å². The van der Waals surface area contributed by atoms with Gasteiger partial charge in [0, 0.05) is 0 Å². The zero-order valence-electron chi connectivity index (χ0n) is 29.4. The molecular weight excluding hydrogens is 532 g/mol. The molecule has 0 saturated heterocycles. The Morgan fingerprint density at radius 2 is 0.907 bits per heavy atom. The molecule has 4 heteroatoms. The number of hydrogen-bond acceptors (Lipinski definition) is 4. The van der Waals surface area contributed by atoms with E-state index in [2.05, 4.69) is 27.7 Å². The summed E-state index contributed by atoms with van der Waals surface area (Å²) in [7, 11) is 0. The zero-order chi connectivity index (χ0) is 31.5. The van der Waals surface area contributed by atoms with Gasteiger partial charge in [-0.1, -0.05) is 175 Å². The third kappa shape index (κ3) is 21.9. The Morgan fingerprint density at radius 1 is 0.558 bits per heavy atom. The summed E-state index contributed by atoms with van der Waals surface area (Å²) in [5, 5.41) is 0. The number of rotatable bonds is 28. The summed E-state index contributed by atoms with van der Waals surface area (Å²) in [4.78, 5) is 25.9. The van der Waals surface area contributed by atoms with Crippen LogP contribution in [0.25, 0.3) is 0 Å². The fourth-order valence-electron chi connectivity index (χ4n) is 6.38. The summed E-state index contributed by atoms with van der Waals surface area (Å²) < 4.78 is 11.3. The van der Waals surface area contributed by atoms with E-state index < -0.39 is 11.8 Å². The molecule has 1 rings (SSSR count). The Kier molecular flexibility index (Phi) is 25.0. The summed E-state index contributed by atoms with van der Waals surface area (Å²) in [5.74, 6) is 0.375. The van der Waals surface area contributed by atoms with Gasteiger partial charge in [-0.15, -0.1) is 0 Å². The van der Waals surface area contributed by atoms with Crippen LogP contribution in [0.15, 0.2) is 12.2 Å². The van der Waals surface area contributed by atoms with Gasteiger partial charge in [0.1, 0.15) is 0 Å². The topological polar surface area (TPSA) is 52.6 Å². The number of carbonyl (C=O) groups is 2. The van der Waals surface area contributed by atoms with Gasteiger partial charge in [0.2, 0.25) is 0 Å². The highest BCUT2D eigenvalue weighted by atomic mass is 16.5. The molecule has 0 bridgehead atoms. The molecule has 0 aliphatic heterocycles. The van der Waals surface area contributed by atoms with E-state index in [1.807, 2.05) is 19.1 Å². The first-order valence-corrected chi connectivity index (χ1v) is 18.8. The van der Waals surface area contributed by atoms with Crippen LogP contribution in [0.3, 0.4) is 0 Å². The van der Waals surface area contributed by atoms with Crippen LogP contribution in [0.5, 0.6) is 0 Å². The highest BCUT2D eigenvalue weighted by Crippen LogP contribution is 2.32. The van der Waals surface area contributed by atoms with Gasteiger partial charge in [0.05, 0.1) is 25.0 Å². The van der Waals surface area contributed by atoms with Crippen LogP contribution < -0.4 is 0 Å². The van der Waals surface area contributed by atoms with E-state index in [0.717, 1.165) is 37.5 Å². The van der Waals surface area contributed by atoms with E-state index in [1.165, 1.54) is 116 Å². The lowest BCUT2D eigenvalue weighted by atomic mass is 9.76. The average Bonchev–Trinajstić information content (AvgIpc) is 2.97. The first-order chi connectivity index (χ1) is 20.8. The van der Waals surface area contributed by atoms with Crippen molar-refractivity contribution in [1.82, 2.24) is 0 Å². The van der Waals surface area contributed by atoms with Crippen LogP contribution in [0.1, 0.15) is 182 Å². The second-order valence-corrected chi connectivity index (χ2v) is 14.4. The fourth-order valence-corrected chi connectivity index (χ4v) is 6.38. The number of ether oxygens (including phenoxy) is 2. The zero-order valence-corrected chi connectivity index (χ0v) is 29.4. The van der Waals surface area contributed by atoms with Gasteiger partial charge < -0.3 is 9.47 Å². The van der Waals surface area contributed by atoms with Crippen molar-refractivity contribution in [1.29, 1.82) is 0 Å². The second-order valence-electron chi connectivity index (χ2n) is 14.4. The van der Waals surface area contributed by atoms with Crippen LogP contribution in [0.2, 0.25) is 0 Å². The van der Waals surface area contributed by atoms with Crippen LogP contribution in [-0.4, -0.2) is 25.2 Å². The summed E-state index contributed by atoms with van der Waals surface area (Å²) >= 11 is 0. The number of esters is 2. The molecule has 252 valence electrons. The number of allylic oxidation sites excluding steroid dienone is 2. The highest BCUT2D eigenvalue weighted by Gasteiger charge is 2.40. The van der Waals surface area contributed by atoms with Crippen LogP contribution >= 0.6 is 0 Å². The van der Waals surface area contributed by atoms with E-state index in [9.17, 15) is 9.59 Å².